The Morgan fingerprint density at radius 2 is 1.52 bits per heavy atom. The number of nitrogens with zero attached hydrogens (tertiary/aromatic N) is 1. The van der Waals surface area contributed by atoms with Crippen LogP contribution in [0.15, 0.2) is 48.5 Å². The first-order valence-corrected chi connectivity index (χ1v) is 8.75. The van der Waals surface area contributed by atoms with Gasteiger partial charge in [-0.1, -0.05) is 13.8 Å². The van der Waals surface area contributed by atoms with E-state index >= 15 is 0 Å². The van der Waals surface area contributed by atoms with Crippen LogP contribution in [-0.4, -0.2) is 17.9 Å². The molecule has 2 N–H and O–H groups in total. The largest absolute Gasteiger partial charge is 0.481 e. The molecule has 0 saturated carbocycles. The van der Waals surface area contributed by atoms with Crippen molar-refractivity contribution in [2.24, 2.45) is 5.92 Å². The highest BCUT2D eigenvalue weighted by Crippen LogP contribution is 2.17. The molecule has 2 aromatic carbocycles. The molecule has 2 rings (SSSR count). The first kappa shape index (κ1) is 20.0. The quantitative estimate of drug-likeness (QED) is 0.777. The molecule has 0 aromatic heterocycles. The Kier molecular flexibility index (Phi) is 6.95. The minimum atomic E-state index is -0.705. The summed E-state index contributed by atoms with van der Waals surface area (Å²) in [4.78, 5) is 24.0. The van der Waals surface area contributed by atoms with E-state index in [-0.39, 0.29) is 11.8 Å². The molecule has 1 atom stereocenters. The number of hydrogen-bond acceptors (Lipinski definition) is 4. The second kappa shape index (κ2) is 9.39. The maximum atomic E-state index is 12.3. The molecule has 0 aliphatic heterocycles. The number of carbonyl (C=O) groups is 2. The van der Waals surface area contributed by atoms with Gasteiger partial charge in [0.2, 0.25) is 5.91 Å². The average Bonchev–Trinajstić information content (AvgIpc) is 2.63. The Morgan fingerprint density at radius 1 is 0.963 bits per heavy atom. The molecule has 2 amide bonds. The lowest BCUT2D eigenvalue weighted by molar-refractivity contribution is -0.122. The number of rotatable bonds is 7. The Balaban J connectivity index is 1.88. The third-order valence-corrected chi connectivity index (χ3v) is 3.70. The molecule has 0 bridgehead atoms. The van der Waals surface area contributed by atoms with Crippen molar-refractivity contribution in [2.75, 3.05) is 10.6 Å². The second-order valence-corrected chi connectivity index (χ2v) is 6.61. The number of hydrogen-bond donors (Lipinski definition) is 2. The molecule has 27 heavy (non-hydrogen) atoms. The van der Waals surface area contributed by atoms with Crippen molar-refractivity contribution < 1.29 is 14.3 Å². The third kappa shape index (κ3) is 6.48. The zero-order valence-corrected chi connectivity index (χ0v) is 15.7. The maximum absolute atomic E-state index is 12.3. The Bertz CT molecular complexity index is 821. The van der Waals surface area contributed by atoms with Gasteiger partial charge in [-0.15, -0.1) is 0 Å². The summed E-state index contributed by atoms with van der Waals surface area (Å²) in [5.74, 6) is 0.475. The van der Waals surface area contributed by atoms with Crippen LogP contribution in [0.3, 0.4) is 0 Å². The Hall–Kier alpha value is -3.33. The Morgan fingerprint density at radius 3 is 2.04 bits per heavy atom. The van der Waals surface area contributed by atoms with Crippen LogP contribution in [0.1, 0.15) is 32.8 Å². The van der Waals surface area contributed by atoms with Gasteiger partial charge in [-0.2, -0.15) is 5.26 Å². The maximum Gasteiger partial charge on any atom is 0.265 e. The summed E-state index contributed by atoms with van der Waals surface area (Å²) in [6, 6.07) is 15.5. The molecule has 6 heteroatoms. The van der Waals surface area contributed by atoms with E-state index in [9.17, 15) is 9.59 Å². The predicted octanol–water partition coefficient (Wildman–Crippen LogP) is 3.95. The highest BCUT2D eigenvalue weighted by molar-refractivity contribution is 5.95. The number of ether oxygens (including phenoxy) is 1. The van der Waals surface area contributed by atoms with Crippen molar-refractivity contribution >= 4 is 23.2 Å². The van der Waals surface area contributed by atoms with E-state index < -0.39 is 6.10 Å². The zero-order valence-electron chi connectivity index (χ0n) is 15.7. The van der Waals surface area contributed by atoms with Gasteiger partial charge in [-0.05, 0) is 61.4 Å². The smallest absolute Gasteiger partial charge is 0.265 e. The van der Waals surface area contributed by atoms with Crippen LogP contribution in [0.2, 0.25) is 0 Å². The molecule has 0 radical (unpaired) electrons. The van der Waals surface area contributed by atoms with E-state index in [0.717, 1.165) is 0 Å². The fraction of sp³-hybridized carbons (Fsp3) is 0.286. The molecular weight excluding hydrogens is 342 g/mol. The van der Waals surface area contributed by atoms with Crippen LogP contribution in [0, 0.1) is 17.2 Å². The number of nitriles is 1. The number of anilines is 2. The fourth-order valence-electron chi connectivity index (χ4n) is 2.33. The van der Waals surface area contributed by atoms with Crippen LogP contribution in [0.25, 0.3) is 0 Å². The molecule has 0 aliphatic carbocycles. The molecule has 0 heterocycles. The topological polar surface area (TPSA) is 91.2 Å². The molecule has 140 valence electrons. The molecular formula is C21H23N3O3. The normalized spacial score (nSPS) is 11.4. The molecule has 0 saturated heterocycles. The van der Waals surface area contributed by atoms with Crippen LogP contribution in [0.4, 0.5) is 11.4 Å². The SMILES string of the molecule is CC(C)CC(=O)Nc1ccc(NC(=O)C(C)Oc2ccc(C#N)cc2)cc1. The summed E-state index contributed by atoms with van der Waals surface area (Å²) < 4.78 is 5.58. The number of carbonyl (C=O) groups excluding carboxylic acids is 2. The Labute approximate surface area is 159 Å². The summed E-state index contributed by atoms with van der Waals surface area (Å²) in [7, 11) is 0. The summed E-state index contributed by atoms with van der Waals surface area (Å²) in [6.07, 6.45) is -0.244. The minimum Gasteiger partial charge on any atom is -0.481 e. The van der Waals surface area contributed by atoms with E-state index in [4.69, 9.17) is 10.00 Å². The lowest BCUT2D eigenvalue weighted by Crippen LogP contribution is -2.30. The van der Waals surface area contributed by atoms with Gasteiger partial charge in [0.05, 0.1) is 11.6 Å². The van der Waals surface area contributed by atoms with E-state index in [1.165, 1.54) is 0 Å². The lowest BCUT2D eigenvalue weighted by Gasteiger charge is -2.15. The fourth-order valence-corrected chi connectivity index (χ4v) is 2.33. The summed E-state index contributed by atoms with van der Waals surface area (Å²) in [6.45, 7) is 5.62. The van der Waals surface area contributed by atoms with Crippen molar-refractivity contribution in [1.82, 2.24) is 0 Å². The third-order valence-electron chi connectivity index (χ3n) is 3.70. The van der Waals surface area contributed by atoms with Gasteiger partial charge < -0.3 is 15.4 Å². The van der Waals surface area contributed by atoms with E-state index in [1.54, 1.807) is 55.5 Å². The summed E-state index contributed by atoms with van der Waals surface area (Å²) in [5, 5.41) is 14.4. The predicted molar refractivity (Wildman–Crippen MR) is 104 cm³/mol. The lowest BCUT2D eigenvalue weighted by atomic mass is 10.1. The van der Waals surface area contributed by atoms with Crippen LogP contribution < -0.4 is 15.4 Å². The summed E-state index contributed by atoms with van der Waals surface area (Å²) >= 11 is 0. The number of benzene rings is 2. The van der Waals surface area contributed by atoms with Gasteiger partial charge >= 0.3 is 0 Å². The van der Waals surface area contributed by atoms with Gasteiger partial charge in [0.15, 0.2) is 6.10 Å². The molecule has 0 aliphatic rings. The molecule has 0 spiro atoms. The molecule has 1 unspecified atom stereocenters. The second-order valence-electron chi connectivity index (χ2n) is 6.61. The van der Waals surface area contributed by atoms with Crippen LogP contribution in [0.5, 0.6) is 5.75 Å². The van der Waals surface area contributed by atoms with Gasteiger partial charge in [0.25, 0.3) is 5.91 Å². The van der Waals surface area contributed by atoms with Gasteiger partial charge in [0.1, 0.15) is 5.75 Å². The van der Waals surface area contributed by atoms with Crippen molar-refractivity contribution in [3.8, 4) is 11.8 Å². The van der Waals surface area contributed by atoms with Crippen molar-refractivity contribution in [3.63, 3.8) is 0 Å². The molecule has 0 fully saturated rings. The monoisotopic (exact) mass is 365 g/mol. The highest BCUT2D eigenvalue weighted by Gasteiger charge is 2.15. The summed E-state index contributed by atoms with van der Waals surface area (Å²) in [5.41, 5.74) is 1.82. The first-order valence-electron chi connectivity index (χ1n) is 8.75. The highest BCUT2D eigenvalue weighted by atomic mass is 16.5. The van der Waals surface area contributed by atoms with Crippen molar-refractivity contribution in [2.45, 2.75) is 33.3 Å². The van der Waals surface area contributed by atoms with Crippen molar-refractivity contribution in [3.05, 3.63) is 54.1 Å². The van der Waals surface area contributed by atoms with Gasteiger partial charge in [0, 0.05) is 17.8 Å². The van der Waals surface area contributed by atoms with Crippen LogP contribution >= 0.6 is 0 Å². The number of nitrogens with one attached hydrogen (secondary N) is 2. The standard InChI is InChI=1S/C21H23N3O3/c1-14(2)12-20(25)23-17-6-8-18(9-7-17)24-21(26)15(3)27-19-10-4-16(13-22)5-11-19/h4-11,14-15H,12H2,1-3H3,(H,23,25)(H,24,26). The van der Waals surface area contributed by atoms with E-state index in [1.807, 2.05) is 19.9 Å². The van der Waals surface area contributed by atoms with E-state index in [0.29, 0.717) is 35.0 Å². The zero-order chi connectivity index (χ0) is 19.8. The first-order chi connectivity index (χ1) is 12.9. The number of amides is 2. The molecule has 2 aromatic rings. The molecule has 6 nitrogen and oxygen atoms in total. The van der Waals surface area contributed by atoms with E-state index in [2.05, 4.69) is 10.6 Å². The average molecular weight is 365 g/mol. The van der Waals surface area contributed by atoms with Crippen molar-refractivity contribution in [1.29, 1.82) is 5.26 Å². The minimum absolute atomic E-state index is 0.0359. The van der Waals surface area contributed by atoms with Crippen LogP contribution in [-0.2, 0) is 9.59 Å². The van der Waals surface area contributed by atoms with Gasteiger partial charge in [-0.3, -0.25) is 9.59 Å². The van der Waals surface area contributed by atoms with Gasteiger partial charge in [-0.25, -0.2) is 0 Å².